The monoisotopic (exact) mass is 332 g/mol. The zero-order chi connectivity index (χ0) is 17.3. The van der Waals surface area contributed by atoms with E-state index in [-0.39, 0.29) is 11.2 Å². The van der Waals surface area contributed by atoms with Gasteiger partial charge in [0, 0.05) is 38.0 Å². The van der Waals surface area contributed by atoms with Crippen LogP contribution in [0.25, 0.3) is 0 Å². The van der Waals surface area contributed by atoms with Crippen molar-refractivity contribution in [1.82, 2.24) is 0 Å². The first-order valence-electron chi connectivity index (χ1n) is 8.96. The van der Waals surface area contributed by atoms with Crippen molar-refractivity contribution in [2.45, 2.75) is 44.9 Å². The van der Waals surface area contributed by atoms with Gasteiger partial charge in [-0.2, -0.15) is 0 Å². The predicted molar refractivity (Wildman–Crippen MR) is 92.5 cm³/mol. The van der Waals surface area contributed by atoms with E-state index in [9.17, 15) is 9.90 Å². The van der Waals surface area contributed by atoms with Crippen LogP contribution in [0, 0.1) is 17.3 Å². The van der Waals surface area contributed by atoms with E-state index in [4.69, 9.17) is 4.74 Å². The Morgan fingerprint density at radius 2 is 2.08 bits per heavy atom. The first-order chi connectivity index (χ1) is 11.6. The molecule has 0 spiro atoms. The van der Waals surface area contributed by atoms with E-state index in [0.29, 0.717) is 30.1 Å². The van der Waals surface area contributed by atoms with E-state index in [1.807, 2.05) is 6.07 Å². The molecule has 0 amide bonds. The molecule has 1 aliphatic heterocycles. The van der Waals surface area contributed by atoms with Crippen LogP contribution in [0.2, 0.25) is 0 Å². The number of aromatic hydroxyl groups is 1. The van der Waals surface area contributed by atoms with Crippen LogP contribution in [-0.2, 0) is 9.53 Å². The minimum Gasteiger partial charge on any atom is -0.508 e. The fourth-order valence-corrected chi connectivity index (χ4v) is 5.27. The molecular formula is C20H28O4. The van der Waals surface area contributed by atoms with E-state index in [1.54, 1.807) is 26.4 Å². The molecule has 2 fully saturated rings. The molecule has 0 aromatic heterocycles. The van der Waals surface area contributed by atoms with Crippen molar-refractivity contribution in [2.75, 3.05) is 20.8 Å². The number of carbonyl (C=O) groups is 1. The highest BCUT2D eigenvalue weighted by Gasteiger charge is 2.56. The third-order valence-electron chi connectivity index (χ3n) is 6.34. The standard InChI is InChI=1S/C18H22O3.C2H6O/c1-2-18-8-7-12-13-4-3-11(19)9-16(13)21-10-14(12)15(18)5-6-17(18)20;1-3-2/h3-4,9,12,14-15,19H,2,5-8,10H2,1H3;1-2H3/t12-,14+,15+,18+;/m1./s1. The number of ketones is 1. The smallest absolute Gasteiger partial charge is 0.139 e. The number of hydrogen-bond acceptors (Lipinski definition) is 4. The zero-order valence-electron chi connectivity index (χ0n) is 14.9. The first kappa shape index (κ1) is 17.3. The average Bonchev–Trinajstić information content (AvgIpc) is 2.92. The molecule has 4 rings (SSSR count). The Hall–Kier alpha value is -1.55. The van der Waals surface area contributed by atoms with Gasteiger partial charge in [-0.25, -0.2) is 0 Å². The molecule has 0 bridgehead atoms. The summed E-state index contributed by atoms with van der Waals surface area (Å²) >= 11 is 0. The highest BCUT2D eigenvalue weighted by molar-refractivity contribution is 5.87. The number of phenols is 1. The minimum atomic E-state index is -0.0705. The van der Waals surface area contributed by atoms with Crippen molar-refractivity contribution >= 4 is 5.78 Å². The van der Waals surface area contributed by atoms with Crippen molar-refractivity contribution in [3.63, 3.8) is 0 Å². The lowest BCUT2D eigenvalue weighted by molar-refractivity contribution is -0.131. The van der Waals surface area contributed by atoms with Crippen LogP contribution in [0.3, 0.4) is 0 Å². The number of methoxy groups -OCH3 is 1. The molecule has 0 saturated heterocycles. The third kappa shape index (κ3) is 2.61. The molecule has 4 nitrogen and oxygen atoms in total. The van der Waals surface area contributed by atoms with Gasteiger partial charge in [0.2, 0.25) is 0 Å². The second kappa shape index (κ2) is 6.75. The number of hydrogen-bond donors (Lipinski definition) is 1. The molecule has 1 heterocycles. The summed E-state index contributed by atoms with van der Waals surface area (Å²) in [6, 6.07) is 5.50. The number of fused-ring (bicyclic) bond motifs is 5. The van der Waals surface area contributed by atoms with Crippen molar-refractivity contribution < 1.29 is 19.4 Å². The van der Waals surface area contributed by atoms with Crippen LogP contribution < -0.4 is 4.74 Å². The Bertz CT molecular complexity index is 612. The molecule has 1 N–H and O–H groups in total. The van der Waals surface area contributed by atoms with Gasteiger partial charge in [-0.05, 0) is 49.1 Å². The van der Waals surface area contributed by atoms with Gasteiger partial charge in [-0.1, -0.05) is 13.0 Å². The summed E-state index contributed by atoms with van der Waals surface area (Å²) in [6.45, 7) is 2.87. The quantitative estimate of drug-likeness (QED) is 0.847. The van der Waals surface area contributed by atoms with E-state index >= 15 is 0 Å². The van der Waals surface area contributed by atoms with Crippen LogP contribution in [0.1, 0.15) is 50.5 Å². The lowest BCUT2D eigenvalue weighted by Gasteiger charge is -2.49. The molecule has 132 valence electrons. The van der Waals surface area contributed by atoms with E-state index in [1.165, 1.54) is 5.56 Å². The third-order valence-corrected chi connectivity index (χ3v) is 6.34. The van der Waals surface area contributed by atoms with E-state index in [2.05, 4.69) is 11.7 Å². The molecule has 0 unspecified atom stereocenters. The lowest BCUT2D eigenvalue weighted by atomic mass is 9.57. The van der Waals surface area contributed by atoms with Crippen LogP contribution in [0.5, 0.6) is 11.5 Å². The fourth-order valence-electron chi connectivity index (χ4n) is 5.27. The van der Waals surface area contributed by atoms with Gasteiger partial charge in [0.1, 0.15) is 17.3 Å². The van der Waals surface area contributed by atoms with Crippen molar-refractivity contribution in [3.05, 3.63) is 23.8 Å². The van der Waals surface area contributed by atoms with Crippen molar-refractivity contribution in [1.29, 1.82) is 0 Å². The fraction of sp³-hybridized carbons (Fsp3) is 0.650. The highest BCUT2D eigenvalue weighted by atomic mass is 16.5. The molecule has 2 saturated carbocycles. The molecule has 1 aromatic carbocycles. The maximum atomic E-state index is 12.5. The molecule has 2 aliphatic carbocycles. The maximum absolute atomic E-state index is 12.5. The van der Waals surface area contributed by atoms with Gasteiger partial charge in [0.25, 0.3) is 0 Å². The number of carbonyl (C=O) groups excluding carboxylic acids is 1. The number of ether oxygens (including phenoxy) is 2. The summed E-state index contributed by atoms with van der Waals surface area (Å²) < 4.78 is 10.2. The molecule has 0 radical (unpaired) electrons. The van der Waals surface area contributed by atoms with Gasteiger partial charge in [0.15, 0.2) is 0 Å². The van der Waals surface area contributed by atoms with Crippen molar-refractivity contribution in [3.8, 4) is 11.5 Å². The molecule has 4 atom stereocenters. The maximum Gasteiger partial charge on any atom is 0.139 e. The summed E-state index contributed by atoms with van der Waals surface area (Å²) in [7, 11) is 3.25. The van der Waals surface area contributed by atoms with Gasteiger partial charge >= 0.3 is 0 Å². The predicted octanol–water partition coefficient (Wildman–Crippen LogP) is 3.92. The zero-order valence-corrected chi connectivity index (χ0v) is 14.9. The summed E-state index contributed by atoms with van der Waals surface area (Å²) in [6.07, 6.45) is 4.85. The van der Waals surface area contributed by atoms with E-state index in [0.717, 1.165) is 37.9 Å². The van der Waals surface area contributed by atoms with Gasteiger partial charge < -0.3 is 14.6 Å². The normalized spacial score (nSPS) is 33.5. The number of benzene rings is 1. The SMILES string of the molecule is CC[C@]12CC[C@@H]3c4ccc(O)cc4OC[C@@H]3[C@@H]1CCC2=O.COC. The Morgan fingerprint density at radius 3 is 2.79 bits per heavy atom. The average molecular weight is 332 g/mol. The Labute approximate surface area is 144 Å². The Balaban J connectivity index is 0.000000526. The summed E-state index contributed by atoms with van der Waals surface area (Å²) in [5.41, 5.74) is 1.16. The van der Waals surface area contributed by atoms with Crippen LogP contribution >= 0.6 is 0 Å². The van der Waals surface area contributed by atoms with Gasteiger partial charge in [0.05, 0.1) is 6.61 Å². The second-order valence-corrected chi connectivity index (χ2v) is 7.33. The molecular weight excluding hydrogens is 304 g/mol. The molecule has 1 aromatic rings. The van der Waals surface area contributed by atoms with Crippen LogP contribution in [-0.4, -0.2) is 31.7 Å². The Kier molecular flexibility index (Phi) is 4.86. The number of phenolic OH excluding ortho intramolecular Hbond substituents is 1. The lowest BCUT2D eigenvalue weighted by Crippen LogP contribution is -2.45. The molecule has 24 heavy (non-hydrogen) atoms. The highest BCUT2D eigenvalue weighted by Crippen LogP contribution is 2.60. The molecule has 4 heteroatoms. The second-order valence-electron chi connectivity index (χ2n) is 7.33. The number of rotatable bonds is 1. The largest absolute Gasteiger partial charge is 0.508 e. The van der Waals surface area contributed by atoms with Crippen LogP contribution in [0.15, 0.2) is 18.2 Å². The summed E-state index contributed by atoms with van der Waals surface area (Å²) in [4.78, 5) is 12.5. The van der Waals surface area contributed by atoms with Gasteiger partial charge in [-0.3, -0.25) is 4.79 Å². The topological polar surface area (TPSA) is 55.8 Å². The van der Waals surface area contributed by atoms with Gasteiger partial charge in [-0.15, -0.1) is 0 Å². The number of Topliss-reactive ketones (excluding diaryl/α,β-unsaturated/α-hetero) is 1. The minimum absolute atomic E-state index is 0.0705. The van der Waals surface area contributed by atoms with E-state index < -0.39 is 0 Å². The molecule has 3 aliphatic rings. The summed E-state index contributed by atoms with van der Waals surface area (Å²) in [5.74, 6) is 3.03. The van der Waals surface area contributed by atoms with Crippen LogP contribution in [0.4, 0.5) is 0 Å². The van der Waals surface area contributed by atoms with Crippen molar-refractivity contribution in [2.24, 2.45) is 17.3 Å². The first-order valence-corrected chi connectivity index (χ1v) is 8.96. The Morgan fingerprint density at radius 1 is 1.33 bits per heavy atom. The summed E-state index contributed by atoms with van der Waals surface area (Å²) in [5, 5.41) is 9.62.